The van der Waals surface area contributed by atoms with Crippen LogP contribution < -0.4 is 0 Å². The molecule has 1 aromatic carbocycles. The second kappa shape index (κ2) is 3.34. The third-order valence-corrected chi connectivity index (χ3v) is 2.45. The van der Waals surface area contributed by atoms with E-state index in [1.807, 2.05) is 0 Å². The van der Waals surface area contributed by atoms with Crippen molar-refractivity contribution in [1.82, 2.24) is 0 Å². The number of nitro groups is 1. The Bertz CT molecular complexity index is 534. The molecule has 6 heteroatoms. The number of rotatable bonds is 2. The van der Waals surface area contributed by atoms with Gasteiger partial charge < -0.3 is 4.79 Å². The molecule has 0 spiro atoms. The summed E-state index contributed by atoms with van der Waals surface area (Å²) < 4.78 is 0. The molecule has 0 saturated heterocycles. The molecule has 16 heavy (non-hydrogen) atoms. The van der Waals surface area contributed by atoms with E-state index in [2.05, 4.69) is 0 Å². The van der Waals surface area contributed by atoms with Gasteiger partial charge in [0, 0.05) is 23.3 Å². The molecule has 0 N–H and O–H groups in total. The van der Waals surface area contributed by atoms with Crippen molar-refractivity contribution in [2.24, 2.45) is 5.92 Å². The van der Waals surface area contributed by atoms with Crippen LogP contribution in [0.1, 0.15) is 20.7 Å². The molecular formula is C10H5NO5. The minimum atomic E-state index is -1.34. The van der Waals surface area contributed by atoms with Crippen LogP contribution in [-0.4, -0.2) is 22.8 Å². The lowest BCUT2D eigenvalue weighted by Gasteiger charge is -1.95. The average Bonchev–Trinajstić information content (AvgIpc) is 2.51. The third kappa shape index (κ3) is 1.23. The van der Waals surface area contributed by atoms with Crippen molar-refractivity contribution >= 4 is 23.5 Å². The summed E-state index contributed by atoms with van der Waals surface area (Å²) in [5.41, 5.74) is -0.240. The number of benzene rings is 1. The van der Waals surface area contributed by atoms with Crippen LogP contribution in [0.4, 0.5) is 5.69 Å². The monoisotopic (exact) mass is 219 g/mol. The Morgan fingerprint density at radius 3 is 2.38 bits per heavy atom. The summed E-state index contributed by atoms with van der Waals surface area (Å²) >= 11 is 0. The fourth-order valence-corrected chi connectivity index (χ4v) is 1.64. The molecule has 1 aliphatic rings. The number of ketones is 2. The molecule has 0 saturated carbocycles. The number of non-ortho nitro benzene ring substituents is 1. The number of aldehydes is 1. The van der Waals surface area contributed by atoms with E-state index in [0.29, 0.717) is 0 Å². The number of hydrogen-bond acceptors (Lipinski definition) is 5. The van der Waals surface area contributed by atoms with Gasteiger partial charge in [-0.05, 0) is 6.07 Å². The maximum Gasteiger partial charge on any atom is 0.270 e. The Kier molecular flexibility index (Phi) is 2.12. The molecule has 1 unspecified atom stereocenters. The van der Waals surface area contributed by atoms with E-state index in [4.69, 9.17) is 0 Å². The van der Waals surface area contributed by atoms with Gasteiger partial charge in [0.05, 0.1) is 4.92 Å². The number of hydrogen-bond donors (Lipinski definition) is 0. The van der Waals surface area contributed by atoms with Crippen LogP contribution >= 0.6 is 0 Å². The Morgan fingerprint density at radius 2 is 1.81 bits per heavy atom. The molecule has 1 aromatic rings. The minimum absolute atomic E-state index is 0.0451. The first-order valence-corrected chi connectivity index (χ1v) is 4.38. The van der Waals surface area contributed by atoms with Crippen LogP contribution in [0.3, 0.4) is 0 Å². The zero-order chi connectivity index (χ0) is 11.9. The van der Waals surface area contributed by atoms with Gasteiger partial charge in [0.15, 0.2) is 11.6 Å². The number of nitrogens with zero attached hydrogens (tertiary/aromatic N) is 1. The highest BCUT2D eigenvalue weighted by Gasteiger charge is 2.39. The van der Waals surface area contributed by atoms with E-state index in [9.17, 15) is 24.5 Å². The van der Waals surface area contributed by atoms with E-state index < -0.39 is 22.4 Å². The van der Waals surface area contributed by atoms with Crippen molar-refractivity contribution in [3.8, 4) is 0 Å². The van der Waals surface area contributed by atoms with Crippen LogP contribution in [0.5, 0.6) is 0 Å². The first-order valence-electron chi connectivity index (χ1n) is 4.38. The molecular weight excluding hydrogens is 214 g/mol. The highest BCUT2D eigenvalue weighted by atomic mass is 16.6. The van der Waals surface area contributed by atoms with E-state index >= 15 is 0 Å². The summed E-state index contributed by atoms with van der Waals surface area (Å²) in [7, 11) is 0. The summed E-state index contributed by atoms with van der Waals surface area (Å²) in [4.78, 5) is 43.4. The summed E-state index contributed by atoms with van der Waals surface area (Å²) in [6.45, 7) is 0. The fourth-order valence-electron chi connectivity index (χ4n) is 1.64. The number of Topliss-reactive ketones (excluding diaryl/α,β-unsaturated/α-hetero) is 2. The Labute approximate surface area is 89.0 Å². The smallest absolute Gasteiger partial charge is 0.270 e. The average molecular weight is 219 g/mol. The van der Waals surface area contributed by atoms with Gasteiger partial charge in [0.25, 0.3) is 5.69 Å². The minimum Gasteiger partial charge on any atom is -0.302 e. The van der Waals surface area contributed by atoms with E-state index in [0.717, 1.165) is 12.1 Å². The molecule has 0 aromatic heterocycles. The van der Waals surface area contributed by atoms with Gasteiger partial charge in [0.2, 0.25) is 0 Å². The van der Waals surface area contributed by atoms with Crippen LogP contribution in [0, 0.1) is 16.0 Å². The molecule has 0 radical (unpaired) electrons. The zero-order valence-corrected chi connectivity index (χ0v) is 7.88. The predicted molar refractivity (Wildman–Crippen MR) is 51.3 cm³/mol. The molecule has 1 atom stereocenters. The summed E-state index contributed by atoms with van der Waals surface area (Å²) in [5.74, 6) is -2.60. The summed E-state index contributed by atoms with van der Waals surface area (Å²) in [6, 6.07) is 3.37. The number of carbonyl (C=O) groups is 3. The van der Waals surface area contributed by atoms with Gasteiger partial charge in [-0.1, -0.05) is 0 Å². The fraction of sp³-hybridized carbons (Fsp3) is 0.100. The highest BCUT2D eigenvalue weighted by Crippen LogP contribution is 2.28. The lowest BCUT2D eigenvalue weighted by molar-refractivity contribution is -0.384. The molecule has 0 bridgehead atoms. The van der Waals surface area contributed by atoms with Crippen LogP contribution in [0.25, 0.3) is 0 Å². The topological polar surface area (TPSA) is 94.3 Å². The van der Waals surface area contributed by atoms with Gasteiger partial charge in [-0.25, -0.2) is 0 Å². The molecule has 80 valence electrons. The van der Waals surface area contributed by atoms with Crippen molar-refractivity contribution in [1.29, 1.82) is 0 Å². The highest BCUT2D eigenvalue weighted by molar-refractivity contribution is 6.32. The SMILES string of the molecule is O=CC1C(=O)c2ccc([N+](=O)[O-])cc2C1=O. The summed E-state index contributed by atoms with van der Waals surface area (Å²) in [5, 5.41) is 10.5. The van der Waals surface area contributed by atoms with E-state index in [1.54, 1.807) is 0 Å². The lowest BCUT2D eigenvalue weighted by atomic mass is 10.1. The zero-order valence-electron chi connectivity index (χ0n) is 7.88. The maximum absolute atomic E-state index is 11.5. The second-order valence-corrected chi connectivity index (χ2v) is 3.33. The van der Waals surface area contributed by atoms with Gasteiger partial charge in [0.1, 0.15) is 12.2 Å². The lowest BCUT2D eigenvalue weighted by Crippen LogP contribution is -2.15. The van der Waals surface area contributed by atoms with Crippen molar-refractivity contribution in [3.63, 3.8) is 0 Å². The molecule has 6 nitrogen and oxygen atoms in total. The number of carbonyl (C=O) groups excluding carboxylic acids is 3. The van der Waals surface area contributed by atoms with E-state index in [1.165, 1.54) is 6.07 Å². The third-order valence-electron chi connectivity index (χ3n) is 2.45. The van der Waals surface area contributed by atoms with Crippen molar-refractivity contribution < 1.29 is 19.3 Å². The van der Waals surface area contributed by atoms with Crippen molar-refractivity contribution in [2.45, 2.75) is 0 Å². The largest absolute Gasteiger partial charge is 0.302 e. The Balaban J connectivity index is 2.60. The molecule has 0 amide bonds. The molecule has 0 aliphatic heterocycles. The second-order valence-electron chi connectivity index (χ2n) is 3.33. The Morgan fingerprint density at radius 1 is 1.19 bits per heavy atom. The van der Waals surface area contributed by atoms with Gasteiger partial charge in [-0.2, -0.15) is 0 Å². The van der Waals surface area contributed by atoms with Gasteiger partial charge in [-0.3, -0.25) is 19.7 Å². The maximum atomic E-state index is 11.5. The van der Waals surface area contributed by atoms with Crippen molar-refractivity contribution in [2.75, 3.05) is 0 Å². The number of fused-ring (bicyclic) bond motifs is 1. The molecule has 0 fully saturated rings. The summed E-state index contributed by atoms with van der Waals surface area (Å²) in [6.07, 6.45) is 0.260. The van der Waals surface area contributed by atoms with E-state index in [-0.39, 0.29) is 23.1 Å². The van der Waals surface area contributed by atoms with Crippen molar-refractivity contribution in [3.05, 3.63) is 39.4 Å². The molecule has 2 rings (SSSR count). The van der Waals surface area contributed by atoms with Crippen LogP contribution in [0.15, 0.2) is 18.2 Å². The Hall–Kier alpha value is -2.37. The normalized spacial score (nSPS) is 18.4. The first kappa shape index (κ1) is 10.2. The van der Waals surface area contributed by atoms with Crippen LogP contribution in [0.2, 0.25) is 0 Å². The number of nitro benzene ring substituents is 1. The molecule has 1 aliphatic carbocycles. The van der Waals surface area contributed by atoms with Gasteiger partial charge >= 0.3 is 0 Å². The van der Waals surface area contributed by atoms with Crippen LogP contribution in [-0.2, 0) is 4.79 Å². The van der Waals surface area contributed by atoms with Gasteiger partial charge in [-0.15, -0.1) is 0 Å². The quantitative estimate of drug-likeness (QED) is 0.317. The molecule has 0 heterocycles. The predicted octanol–water partition coefficient (Wildman–Crippen LogP) is 0.789. The standard InChI is InChI=1S/C10H5NO5/c12-4-8-9(13)6-2-1-5(11(15)16)3-7(6)10(8)14/h1-4,8H. The first-order chi connectivity index (χ1) is 7.56.